The van der Waals surface area contributed by atoms with Gasteiger partial charge in [0.05, 0.1) is 12.7 Å². The second-order valence-corrected chi connectivity index (χ2v) is 5.36. The van der Waals surface area contributed by atoms with Gasteiger partial charge in [-0.3, -0.25) is 4.90 Å². The van der Waals surface area contributed by atoms with Crippen molar-refractivity contribution in [2.45, 2.75) is 26.4 Å². The molecule has 0 spiro atoms. The van der Waals surface area contributed by atoms with Gasteiger partial charge >= 0.3 is 5.97 Å². The van der Waals surface area contributed by atoms with Gasteiger partial charge in [-0.2, -0.15) is 0 Å². The van der Waals surface area contributed by atoms with Crippen molar-refractivity contribution in [1.29, 1.82) is 0 Å². The third kappa shape index (κ3) is 4.94. The fourth-order valence-corrected chi connectivity index (χ4v) is 2.32. The highest BCUT2D eigenvalue weighted by Gasteiger charge is 2.13. The minimum Gasteiger partial charge on any atom is -0.465 e. The van der Waals surface area contributed by atoms with Crippen molar-refractivity contribution >= 4 is 5.97 Å². The molecular weight excluding hydrogens is 252 g/mol. The van der Waals surface area contributed by atoms with Gasteiger partial charge in [-0.25, -0.2) is 4.79 Å². The lowest BCUT2D eigenvalue weighted by atomic mass is 10.1. The fraction of sp³-hybridized carbons (Fsp3) is 0.562. The number of esters is 1. The molecule has 0 aliphatic heterocycles. The molecule has 0 N–H and O–H groups in total. The summed E-state index contributed by atoms with van der Waals surface area (Å²) in [6.45, 7) is 7.36. The average Bonchev–Trinajstić information content (AvgIpc) is 2.43. The van der Waals surface area contributed by atoms with E-state index in [0.717, 1.165) is 19.6 Å². The maximum absolute atomic E-state index is 11.4. The SMILES string of the molecule is CCN(Cc1ccc(C(=O)OC)cc1)C(C)CN(C)C. The van der Waals surface area contributed by atoms with Gasteiger partial charge in [-0.1, -0.05) is 19.1 Å². The molecule has 1 rings (SSSR count). The second-order valence-electron chi connectivity index (χ2n) is 5.36. The van der Waals surface area contributed by atoms with E-state index in [1.54, 1.807) is 0 Å². The lowest BCUT2D eigenvalue weighted by Crippen LogP contribution is -2.39. The van der Waals surface area contributed by atoms with E-state index < -0.39 is 0 Å². The van der Waals surface area contributed by atoms with Gasteiger partial charge in [0.2, 0.25) is 0 Å². The Hall–Kier alpha value is -1.39. The van der Waals surface area contributed by atoms with E-state index in [1.807, 2.05) is 24.3 Å². The third-order valence-electron chi connectivity index (χ3n) is 3.42. The van der Waals surface area contributed by atoms with Crippen LogP contribution in [0, 0.1) is 0 Å². The zero-order chi connectivity index (χ0) is 15.1. The van der Waals surface area contributed by atoms with Crippen LogP contribution in [0.2, 0.25) is 0 Å². The highest BCUT2D eigenvalue weighted by atomic mass is 16.5. The molecule has 1 aromatic carbocycles. The Kier molecular flexibility index (Phi) is 6.68. The molecule has 4 heteroatoms. The Morgan fingerprint density at radius 3 is 2.30 bits per heavy atom. The molecule has 0 heterocycles. The summed E-state index contributed by atoms with van der Waals surface area (Å²) in [5.41, 5.74) is 1.81. The van der Waals surface area contributed by atoms with Crippen LogP contribution in [-0.4, -0.2) is 56.1 Å². The summed E-state index contributed by atoms with van der Waals surface area (Å²) in [5, 5.41) is 0. The van der Waals surface area contributed by atoms with Crippen LogP contribution in [0.3, 0.4) is 0 Å². The number of nitrogens with zero attached hydrogens (tertiary/aromatic N) is 2. The lowest BCUT2D eigenvalue weighted by molar-refractivity contribution is 0.0600. The zero-order valence-corrected chi connectivity index (χ0v) is 13.2. The number of carbonyl (C=O) groups is 1. The molecule has 1 atom stereocenters. The first kappa shape index (κ1) is 16.7. The van der Waals surface area contributed by atoms with Crippen LogP contribution in [0.25, 0.3) is 0 Å². The minimum atomic E-state index is -0.287. The number of ether oxygens (including phenoxy) is 1. The maximum Gasteiger partial charge on any atom is 0.337 e. The van der Waals surface area contributed by atoms with Gasteiger partial charge in [0.25, 0.3) is 0 Å². The van der Waals surface area contributed by atoms with Crippen molar-refractivity contribution < 1.29 is 9.53 Å². The summed E-state index contributed by atoms with van der Waals surface area (Å²) < 4.78 is 4.71. The molecule has 0 amide bonds. The molecule has 0 saturated carbocycles. The number of hydrogen-bond acceptors (Lipinski definition) is 4. The molecular formula is C16H26N2O2. The zero-order valence-electron chi connectivity index (χ0n) is 13.2. The Labute approximate surface area is 122 Å². The molecule has 20 heavy (non-hydrogen) atoms. The Balaban J connectivity index is 2.68. The van der Waals surface area contributed by atoms with Gasteiger partial charge in [-0.15, -0.1) is 0 Å². The van der Waals surface area contributed by atoms with Crippen molar-refractivity contribution in [3.63, 3.8) is 0 Å². The van der Waals surface area contributed by atoms with Crippen molar-refractivity contribution in [2.24, 2.45) is 0 Å². The van der Waals surface area contributed by atoms with Crippen molar-refractivity contribution in [1.82, 2.24) is 9.80 Å². The number of hydrogen-bond donors (Lipinski definition) is 0. The number of carbonyl (C=O) groups excluding carboxylic acids is 1. The molecule has 112 valence electrons. The topological polar surface area (TPSA) is 32.8 Å². The number of methoxy groups -OCH3 is 1. The first-order valence-electron chi connectivity index (χ1n) is 7.04. The third-order valence-corrected chi connectivity index (χ3v) is 3.42. The first-order chi connectivity index (χ1) is 9.47. The molecule has 1 unspecified atom stereocenters. The van der Waals surface area contributed by atoms with E-state index in [4.69, 9.17) is 4.74 Å². The Morgan fingerprint density at radius 1 is 1.25 bits per heavy atom. The van der Waals surface area contributed by atoms with E-state index in [1.165, 1.54) is 12.7 Å². The van der Waals surface area contributed by atoms with Crippen LogP contribution < -0.4 is 0 Å². The predicted octanol–water partition coefficient (Wildman–Crippen LogP) is 2.25. The highest BCUT2D eigenvalue weighted by Crippen LogP contribution is 2.11. The van der Waals surface area contributed by atoms with Gasteiger partial charge in [0, 0.05) is 19.1 Å². The predicted molar refractivity (Wildman–Crippen MR) is 81.9 cm³/mol. The van der Waals surface area contributed by atoms with Crippen LogP contribution in [-0.2, 0) is 11.3 Å². The quantitative estimate of drug-likeness (QED) is 0.716. The smallest absolute Gasteiger partial charge is 0.337 e. The molecule has 0 saturated heterocycles. The van der Waals surface area contributed by atoms with E-state index in [0.29, 0.717) is 11.6 Å². The molecule has 1 aromatic rings. The van der Waals surface area contributed by atoms with E-state index in [9.17, 15) is 4.79 Å². The normalized spacial score (nSPS) is 12.8. The highest BCUT2D eigenvalue weighted by molar-refractivity contribution is 5.89. The van der Waals surface area contributed by atoms with Gasteiger partial charge in [0.15, 0.2) is 0 Å². The lowest BCUT2D eigenvalue weighted by Gasteiger charge is -2.30. The fourth-order valence-electron chi connectivity index (χ4n) is 2.32. The summed E-state index contributed by atoms with van der Waals surface area (Å²) in [4.78, 5) is 16.0. The Morgan fingerprint density at radius 2 is 1.85 bits per heavy atom. The molecule has 0 aromatic heterocycles. The summed E-state index contributed by atoms with van der Waals surface area (Å²) in [6, 6.07) is 8.14. The monoisotopic (exact) mass is 278 g/mol. The summed E-state index contributed by atoms with van der Waals surface area (Å²) in [7, 11) is 5.59. The van der Waals surface area contributed by atoms with Crippen LogP contribution in [0.5, 0.6) is 0 Å². The molecule has 4 nitrogen and oxygen atoms in total. The minimum absolute atomic E-state index is 0.287. The van der Waals surface area contributed by atoms with Crippen LogP contribution in [0.1, 0.15) is 29.8 Å². The largest absolute Gasteiger partial charge is 0.465 e. The molecule has 0 bridgehead atoms. The van der Waals surface area contributed by atoms with Gasteiger partial charge in [-0.05, 0) is 45.3 Å². The number of rotatable bonds is 7. The average molecular weight is 278 g/mol. The van der Waals surface area contributed by atoms with Crippen molar-refractivity contribution in [3.05, 3.63) is 35.4 Å². The van der Waals surface area contributed by atoms with E-state index in [-0.39, 0.29) is 5.97 Å². The van der Waals surface area contributed by atoms with Crippen LogP contribution >= 0.6 is 0 Å². The maximum atomic E-state index is 11.4. The van der Waals surface area contributed by atoms with Crippen LogP contribution in [0.4, 0.5) is 0 Å². The van der Waals surface area contributed by atoms with E-state index in [2.05, 4.69) is 37.7 Å². The number of likely N-dealkylation sites (N-methyl/N-ethyl adjacent to an activating group) is 2. The molecule has 0 aliphatic rings. The molecule has 0 aliphatic carbocycles. The molecule has 0 fully saturated rings. The van der Waals surface area contributed by atoms with Crippen molar-refractivity contribution in [2.75, 3.05) is 34.3 Å². The first-order valence-corrected chi connectivity index (χ1v) is 7.04. The Bertz CT molecular complexity index is 415. The summed E-state index contributed by atoms with van der Waals surface area (Å²) in [5.74, 6) is -0.287. The summed E-state index contributed by atoms with van der Waals surface area (Å²) in [6.07, 6.45) is 0. The second kappa shape index (κ2) is 8.02. The summed E-state index contributed by atoms with van der Waals surface area (Å²) >= 11 is 0. The van der Waals surface area contributed by atoms with Gasteiger partial charge in [0.1, 0.15) is 0 Å². The van der Waals surface area contributed by atoms with Gasteiger partial charge < -0.3 is 9.64 Å². The van der Waals surface area contributed by atoms with Crippen LogP contribution in [0.15, 0.2) is 24.3 Å². The standard InChI is InChI=1S/C16H26N2O2/c1-6-18(13(2)11-17(3)4)12-14-7-9-15(10-8-14)16(19)20-5/h7-10,13H,6,11-12H2,1-5H3. The number of benzene rings is 1. The van der Waals surface area contributed by atoms with Crippen molar-refractivity contribution in [3.8, 4) is 0 Å². The molecule has 0 radical (unpaired) electrons. The van der Waals surface area contributed by atoms with E-state index >= 15 is 0 Å².